The molecule has 1 N–H and O–H groups in total. The number of hydrogen-bond acceptors (Lipinski definition) is 5. The molecule has 2 aliphatic heterocycles. The number of halogens is 1. The van der Waals surface area contributed by atoms with Gasteiger partial charge in [-0.2, -0.15) is 0 Å². The highest BCUT2D eigenvalue weighted by atomic mass is 19.1. The number of ketones is 1. The number of aromatic amines is 1. The van der Waals surface area contributed by atoms with Crippen molar-refractivity contribution in [3.63, 3.8) is 0 Å². The number of morpholine rings is 1. The van der Waals surface area contributed by atoms with Crippen LogP contribution < -0.4 is 0 Å². The van der Waals surface area contributed by atoms with Crippen LogP contribution in [0.2, 0.25) is 0 Å². The second kappa shape index (κ2) is 10.4. The summed E-state index contributed by atoms with van der Waals surface area (Å²) in [6.45, 7) is 8.15. The number of carbonyl (C=O) groups is 3. The minimum atomic E-state index is -0.580. The van der Waals surface area contributed by atoms with E-state index in [1.165, 1.54) is 17.0 Å². The Morgan fingerprint density at radius 3 is 2.46 bits per heavy atom. The number of amides is 2. The summed E-state index contributed by atoms with van der Waals surface area (Å²) in [5, 5.41) is 0.643. The van der Waals surface area contributed by atoms with Crippen LogP contribution in [-0.2, 0) is 16.1 Å². The average molecular weight is 507 g/mol. The van der Waals surface area contributed by atoms with Gasteiger partial charge < -0.3 is 19.5 Å². The van der Waals surface area contributed by atoms with Crippen LogP contribution in [0.1, 0.15) is 38.9 Å². The third-order valence-electron chi connectivity index (χ3n) is 7.25. The summed E-state index contributed by atoms with van der Waals surface area (Å²) in [7, 11) is 0. The zero-order valence-corrected chi connectivity index (χ0v) is 21.1. The van der Waals surface area contributed by atoms with Gasteiger partial charge in [0.25, 0.3) is 11.8 Å². The lowest BCUT2D eigenvalue weighted by Gasteiger charge is -2.40. The standard InChI is InChI=1S/C28H31FN4O4/c1-18-16-31(17-20-3-6-22(29)7-4-20)9-10-33(18)27(35)25-19(2)30-24-8-5-21(15-23(24)25)26(34)28(36)32-11-13-37-14-12-32/h3-8,15,18,30H,9-14,16-17H2,1-2H3/t18-/m1/s1. The van der Waals surface area contributed by atoms with Gasteiger partial charge in [-0.15, -0.1) is 0 Å². The molecule has 8 nitrogen and oxygen atoms in total. The van der Waals surface area contributed by atoms with E-state index in [-0.39, 0.29) is 23.3 Å². The number of nitrogens with zero attached hydrogens (tertiary/aromatic N) is 3. The lowest BCUT2D eigenvalue weighted by Crippen LogP contribution is -2.53. The van der Waals surface area contributed by atoms with Crippen LogP contribution in [0.3, 0.4) is 0 Å². The molecule has 3 heterocycles. The van der Waals surface area contributed by atoms with Crippen molar-refractivity contribution < 1.29 is 23.5 Å². The number of rotatable bonds is 5. The van der Waals surface area contributed by atoms with E-state index in [9.17, 15) is 18.8 Å². The molecule has 0 bridgehead atoms. The lowest BCUT2D eigenvalue weighted by molar-refractivity contribution is -0.130. The maximum Gasteiger partial charge on any atom is 0.295 e. The van der Waals surface area contributed by atoms with Crippen LogP contribution in [0.15, 0.2) is 42.5 Å². The molecule has 1 atom stereocenters. The maximum atomic E-state index is 13.7. The van der Waals surface area contributed by atoms with Gasteiger partial charge in [0.15, 0.2) is 0 Å². The Morgan fingerprint density at radius 2 is 1.76 bits per heavy atom. The van der Waals surface area contributed by atoms with Crippen molar-refractivity contribution in [3.8, 4) is 0 Å². The number of carbonyl (C=O) groups excluding carboxylic acids is 3. The number of hydrogen-bond donors (Lipinski definition) is 1. The molecule has 0 spiro atoms. The van der Waals surface area contributed by atoms with Gasteiger partial charge in [-0.3, -0.25) is 19.3 Å². The number of aromatic nitrogens is 1. The molecule has 1 aromatic heterocycles. The van der Waals surface area contributed by atoms with Crippen molar-refractivity contribution in [2.24, 2.45) is 0 Å². The Labute approximate surface area is 215 Å². The van der Waals surface area contributed by atoms with Crippen molar-refractivity contribution in [3.05, 3.63) is 70.7 Å². The summed E-state index contributed by atoms with van der Waals surface area (Å²) in [6.07, 6.45) is 0. The molecule has 2 aromatic carbocycles. The van der Waals surface area contributed by atoms with Crippen LogP contribution in [0.5, 0.6) is 0 Å². The lowest BCUT2D eigenvalue weighted by atomic mass is 10.0. The van der Waals surface area contributed by atoms with Crippen molar-refractivity contribution in [1.82, 2.24) is 19.7 Å². The first-order valence-electron chi connectivity index (χ1n) is 12.6. The summed E-state index contributed by atoms with van der Waals surface area (Å²) in [6, 6.07) is 11.5. The Kier molecular flexibility index (Phi) is 7.08. The van der Waals surface area contributed by atoms with Crippen LogP contribution in [0.25, 0.3) is 10.9 Å². The number of fused-ring (bicyclic) bond motifs is 1. The minimum Gasteiger partial charge on any atom is -0.378 e. The fourth-order valence-electron chi connectivity index (χ4n) is 5.25. The van der Waals surface area contributed by atoms with E-state index in [0.29, 0.717) is 63.4 Å². The highest BCUT2D eigenvalue weighted by molar-refractivity contribution is 6.43. The highest BCUT2D eigenvalue weighted by Gasteiger charge is 2.31. The zero-order chi connectivity index (χ0) is 26.1. The van der Waals surface area contributed by atoms with Gasteiger partial charge in [-0.25, -0.2) is 4.39 Å². The average Bonchev–Trinajstić information content (AvgIpc) is 3.24. The quantitative estimate of drug-likeness (QED) is 0.425. The van der Waals surface area contributed by atoms with Crippen molar-refractivity contribution in [1.29, 1.82) is 0 Å². The van der Waals surface area contributed by atoms with Crippen LogP contribution in [-0.4, -0.2) is 89.3 Å². The molecule has 2 saturated heterocycles. The second-order valence-electron chi connectivity index (χ2n) is 9.83. The number of aryl methyl sites for hydroxylation is 1. The third-order valence-corrected chi connectivity index (χ3v) is 7.25. The predicted molar refractivity (Wildman–Crippen MR) is 137 cm³/mol. The van der Waals surface area contributed by atoms with Gasteiger partial charge in [0.2, 0.25) is 5.78 Å². The number of Topliss-reactive ketones (excluding diaryl/α,β-unsaturated/α-hetero) is 1. The van der Waals surface area contributed by atoms with Gasteiger partial charge in [-0.05, 0) is 49.7 Å². The van der Waals surface area contributed by atoms with Crippen molar-refractivity contribution >= 4 is 28.5 Å². The molecule has 37 heavy (non-hydrogen) atoms. The summed E-state index contributed by atoms with van der Waals surface area (Å²) in [5.74, 6) is -1.48. The summed E-state index contributed by atoms with van der Waals surface area (Å²) in [4.78, 5) is 48.3. The van der Waals surface area contributed by atoms with E-state index in [2.05, 4.69) is 9.88 Å². The number of nitrogens with one attached hydrogen (secondary N) is 1. The first-order valence-corrected chi connectivity index (χ1v) is 12.6. The SMILES string of the molecule is Cc1[nH]c2ccc(C(=O)C(=O)N3CCOCC3)cc2c1C(=O)N1CCN(Cc2ccc(F)cc2)C[C@H]1C. The smallest absolute Gasteiger partial charge is 0.295 e. The van der Waals surface area contributed by atoms with E-state index in [1.807, 2.05) is 18.7 Å². The van der Waals surface area contributed by atoms with Gasteiger partial charge in [-0.1, -0.05) is 12.1 Å². The van der Waals surface area contributed by atoms with E-state index in [4.69, 9.17) is 4.74 Å². The highest BCUT2D eigenvalue weighted by Crippen LogP contribution is 2.27. The molecule has 194 valence electrons. The molecule has 3 aromatic rings. The molecule has 0 saturated carbocycles. The van der Waals surface area contributed by atoms with Gasteiger partial charge in [0, 0.05) is 67.5 Å². The Morgan fingerprint density at radius 1 is 1.03 bits per heavy atom. The minimum absolute atomic E-state index is 0.0289. The van der Waals surface area contributed by atoms with Crippen molar-refractivity contribution in [2.45, 2.75) is 26.4 Å². The Hall–Kier alpha value is -3.56. The fourth-order valence-corrected chi connectivity index (χ4v) is 5.25. The van der Waals surface area contributed by atoms with E-state index in [1.54, 1.807) is 30.3 Å². The fraction of sp³-hybridized carbons (Fsp3) is 0.393. The number of benzene rings is 2. The molecule has 2 amide bonds. The van der Waals surface area contributed by atoms with Crippen LogP contribution in [0, 0.1) is 12.7 Å². The normalized spacial score (nSPS) is 18.8. The van der Waals surface area contributed by atoms with Crippen molar-refractivity contribution in [2.75, 3.05) is 45.9 Å². The van der Waals surface area contributed by atoms with Crippen LogP contribution in [0.4, 0.5) is 4.39 Å². The first-order chi connectivity index (χ1) is 17.8. The molecule has 2 aliphatic rings. The number of piperazine rings is 1. The Balaban J connectivity index is 1.33. The Bertz CT molecular complexity index is 1330. The first kappa shape index (κ1) is 25.1. The second-order valence-corrected chi connectivity index (χ2v) is 9.83. The maximum absolute atomic E-state index is 13.7. The third kappa shape index (κ3) is 5.14. The van der Waals surface area contributed by atoms with E-state index >= 15 is 0 Å². The number of H-pyrrole nitrogens is 1. The zero-order valence-electron chi connectivity index (χ0n) is 21.1. The molecular weight excluding hydrogens is 475 g/mol. The molecule has 5 rings (SSSR count). The summed E-state index contributed by atoms with van der Waals surface area (Å²) < 4.78 is 18.5. The number of ether oxygens (including phenoxy) is 1. The molecule has 0 radical (unpaired) electrons. The molecule has 9 heteroatoms. The van der Waals surface area contributed by atoms with Gasteiger partial charge >= 0.3 is 0 Å². The van der Waals surface area contributed by atoms with Crippen LogP contribution >= 0.6 is 0 Å². The summed E-state index contributed by atoms with van der Waals surface area (Å²) in [5.41, 5.74) is 3.31. The van der Waals surface area contributed by atoms with E-state index < -0.39 is 11.7 Å². The van der Waals surface area contributed by atoms with E-state index in [0.717, 1.165) is 16.8 Å². The van der Waals surface area contributed by atoms with Gasteiger partial charge in [0.05, 0.1) is 18.8 Å². The molecule has 0 unspecified atom stereocenters. The molecular formula is C28H31FN4O4. The van der Waals surface area contributed by atoms with Gasteiger partial charge in [0.1, 0.15) is 5.82 Å². The molecule has 0 aliphatic carbocycles. The predicted octanol–water partition coefficient (Wildman–Crippen LogP) is 3.00. The summed E-state index contributed by atoms with van der Waals surface area (Å²) >= 11 is 0. The topological polar surface area (TPSA) is 85.9 Å². The largest absolute Gasteiger partial charge is 0.378 e. The monoisotopic (exact) mass is 506 g/mol. The molecule has 2 fully saturated rings.